The molecular formula is C14H19N3O3. The highest BCUT2D eigenvalue weighted by atomic mass is 16.5. The van der Waals surface area contributed by atoms with E-state index in [-0.39, 0.29) is 18.1 Å². The molecule has 3 amide bonds. The molecule has 0 radical (unpaired) electrons. The predicted octanol–water partition coefficient (Wildman–Crippen LogP) is 1.43. The molecule has 2 rings (SSSR count). The molecule has 3 N–H and O–H groups in total. The van der Waals surface area contributed by atoms with Crippen molar-refractivity contribution in [2.24, 2.45) is 5.73 Å². The normalized spacial score (nSPS) is 22.4. The minimum Gasteiger partial charge on any atom is -0.372 e. The Morgan fingerprint density at radius 2 is 1.95 bits per heavy atom. The van der Waals surface area contributed by atoms with E-state index in [1.165, 1.54) is 0 Å². The zero-order valence-electron chi connectivity index (χ0n) is 11.6. The molecule has 0 bridgehead atoms. The van der Waals surface area contributed by atoms with Crippen molar-refractivity contribution < 1.29 is 14.3 Å². The first kappa shape index (κ1) is 14.3. The molecule has 0 spiro atoms. The maximum absolute atomic E-state index is 12.5. The van der Waals surface area contributed by atoms with Crippen molar-refractivity contribution in [2.45, 2.75) is 26.1 Å². The Hall–Kier alpha value is -2.08. The number of nitrogens with zero attached hydrogens (tertiary/aromatic N) is 1. The zero-order valence-corrected chi connectivity index (χ0v) is 11.6. The molecule has 20 heavy (non-hydrogen) atoms. The standard InChI is InChI=1S/C14H19N3O3/c1-9-7-17(8-10(2)20-9)13(18)11-4-3-5-12(6-11)16-14(15)19/h3-6,9-10H,7-8H2,1-2H3,(H3,15,16,19)/t9-,10-/m1/s1. The van der Waals surface area contributed by atoms with Crippen LogP contribution in [0.25, 0.3) is 0 Å². The van der Waals surface area contributed by atoms with Crippen molar-refractivity contribution in [3.8, 4) is 0 Å². The van der Waals surface area contributed by atoms with Gasteiger partial charge in [-0.2, -0.15) is 0 Å². The molecule has 0 aromatic heterocycles. The lowest BCUT2D eigenvalue weighted by molar-refractivity contribution is -0.0586. The average Bonchev–Trinajstić information content (AvgIpc) is 2.36. The Morgan fingerprint density at radius 3 is 2.55 bits per heavy atom. The summed E-state index contributed by atoms with van der Waals surface area (Å²) in [7, 11) is 0. The molecule has 2 atom stereocenters. The number of primary amides is 1. The summed E-state index contributed by atoms with van der Waals surface area (Å²) in [5.74, 6) is -0.0693. The number of urea groups is 1. The molecule has 1 aliphatic heterocycles. The van der Waals surface area contributed by atoms with Crippen molar-refractivity contribution in [3.05, 3.63) is 29.8 Å². The Bertz CT molecular complexity index is 508. The van der Waals surface area contributed by atoms with Gasteiger partial charge in [-0.25, -0.2) is 4.79 Å². The van der Waals surface area contributed by atoms with E-state index in [9.17, 15) is 9.59 Å². The lowest BCUT2D eigenvalue weighted by atomic mass is 10.1. The van der Waals surface area contributed by atoms with Crippen LogP contribution in [0.5, 0.6) is 0 Å². The van der Waals surface area contributed by atoms with Gasteiger partial charge in [-0.1, -0.05) is 6.07 Å². The first-order valence-electron chi connectivity index (χ1n) is 6.57. The van der Waals surface area contributed by atoms with E-state index in [1.807, 2.05) is 13.8 Å². The molecule has 1 aromatic carbocycles. The molecule has 1 saturated heterocycles. The van der Waals surface area contributed by atoms with E-state index in [1.54, 1.807) is 29.2 Å². The summed E-state index contributed by atoms with van der Waals surface area (Å²) in [4.78, 5) is 25.1. The molecule has 1 aliphatic rings. The number of benzene rings is 1. The van der Waals surface area contributed by atoms with Crippen LogP contribution in [0.4, 0.5) is 10.5 Å². The van der Waals surface area contributed by atoms with Crippen molar-refractivity contribution in [1.29, 1.82) is 0 Å². The molecule has 108 valence electrons. The number of nitrogens with one attached hydrogen (secondary N) is 1. The summed E-state index contributed by atoms with van der Waals surface area (Å²) >= 11 is 0. The third-order valence-corrected chi connectivity index (χ3v) is 3.08. The monoisotopic (exact) mass is 277 g/mol. The first-order chi connectivity index (χ1) is 9.45. The minimum absolute atomic E-state index is 0.0228. The first-order valence-corrected chi connectivity index (χ1v) is 6.57. The molecular weight excluding hydrogens is 258 g/mol. The fourth-order valence-corrected chi connectivity index (χ4v) is 2.40. The predicted molar refractivity (Wildman–Crippen MR) is 75.6 cm³/mol. The number of hydrogen-bond donors (Lipinski definition) is 2. The number of ether oxygens (including phenoxy) is 1. The Labute approximate surface area is 117 Å². The average molecular weight is 277 g/mol. The lowest BCUT2D eigenvalue weighted by Crippen LogP contribution is -2.48. The van der Waals surface area contributed by atoms with E-state index in [4.69, 9.17) is 10.5 Å². The Morgan fingerprint density at radius 1 is 1.30 bits per heavy atom. The van der Waals surface area contributed by atoms with Crippen LogP contribution in [0.1, 0.15) is 24.2 Å². The van der Waals surface area contributed by atoms with Crippen LogP contribution in [0.15, 0.2) is 24.3 Å². The van der Waals surface area contributed by atoms with Gasteiger partial charge in [0, 0.05) is 24.3 Å². The van der Waals surface area contributed by atoms with Crippen LogP contribution >= 0.6 is 0 Å². The van der Waals surface area contributed by atoms with E-state index in [0.717, 1.165) is 0 Å². The van der Waals surface area contributed by atoms with Gasteiger partial charge in [-0.3, -0.25) is 4.79 Å². The van der Waals surface area contributed by atoms with Gasteiger partial charge in [0.25, 0.3) is 5.91 Å². The highest BCUT2D eigenvalue weighted by molar-refractivity contribution is 5.96. The number of carbonyl (C=O) groups is 2. The van der Waals surface area contributed by atoms with Crippen LogP contribution in [0.3, 0.4) is 0 Å². The van der Waals surface area contributed by atoms with Gasteiger partial charge in [0.15, 0.2) is 0 Å². The molecule has 6 heteroatoms. The quantitative estimate of drug-likeness (QED) is 0.857. The van der Waals surface area contributed by atoms with Crippen molar-refractivity contribution in [1.82, 2.24) is 4.90 Å². The third-order valence-electron chi connectivity index (χ3n) is 3.08. The fraction of sp³-hybridized carbons (Fsp3) is 0.429. The number of hydrogen-bond acceptors (Lipinski definition) is 3. The van der Waals surface area contributed by atoms with Gasteiger partial charge in [-0.15, -0.1) is 0 Å². The van der Waals surface area contributed by atoms with E-state index in [2.05, 4.69) is 5.32 Å². The highest BCUT2D eigenvalue weighted by Crippen LogP contribution is 2.17. The van der Waals surface area contributed by atoms with Crippen LogP contribution in [-0.2, 0) is 4.74 Å². The highest BCUT2D eigenvalue weighted by Gasteiger charge is 2.26. The van der Waals surface area contributed by atoms with Crippen LogP contribution in [-0.4, -0.2) is 42.1 Å². The summed E-state index contributed by atoms with van der Waals surface area (Å²) in [5.41, 5.74) is 6.11. The molecule has 0 saturated carbocycles. The SMILES string of the molecule is C[C@@H]1CN(C(=O)c2cccc(NC(N)=O)c2)C[C@@H](C)O1. The van der Waals surface area contributed by atoms with Gasteiger partial charge >= 0.3 is 6.03 Å². The number of nitrogens with two attached hydrogens (primary N) is 1. The maximum Gasteiger partial charge on any atom is 0.316 e. The molecule has 1 heterocycles. The Kier molecular flexibility index (Phi) is 4.24. The summed E-state index contributed by atoms with van der Waals surface area (Å²) in [6, 6.07) is 6.10. The molecule has 0 aliphatic carbocycles. The minimum atomic E-state index is -0.650. The lowest BCUT2D eigenvalue weighted by Gasteiger charge is -2.35. The van der Waals surface area contributed by atoms with Crippen LogP contribution in [0.2, 0.25) is 0 Å². The second-order valence-corrected chi connectivity index (χ2v) is 5.04. The molecule has 1 fully saturated rings. The smallest absolute Gasteiger partial charge is 0.316 e. The summed E-state index contributed by atoms with van der Waals surface area (Å²) in [6.07, 6.45) is 0.0456. The molecule has 6 nitrogen and oxygen atoms in total. The second kappa shape index (κ2) is 5.92. The van der Waals surface area contributed by atoms with E-state index >= 15 is 0 Å². The van der Waals surface area contributed by atoms with E-state index < -0.39 is 6.03 Å². The van der Waals surface area contributed by atoms with Crippen LogP contribution in [0, 0.1) is 0 Å². The zero-order chi connectivity index (χ0) is 14.7. The topological polar surface area (TPSA) is 84.7 Å². The molecule has 1 aromatic rings. The maximum atomic E-state index is 12.5. The largest absolute Gasteiger partial charge is 0.372 e. The summed E-state index contributed by atoms with van der Waals surface area (Å²) in [6.45, 7) is 5.02. The van der Waals surface area contributed by atoms with E-state index in [0.29, 0.717) is 24.3 Å². The van der Waals surface area contributed by atoms with Crippen molar-refractivity contribution in [3.63, 3.8) is 0 Å². The van der Waals surface area contributed by atoms with Gasteiger partial charge in [-0.05, 0) is 32.0 Å². The van der Waals surface area contributed by atoms with Crippen molar-refractivity contribution >= 4 is 17.6 Å². The number of morpholine rings is 1. The number of anilines is 1. The second-order valence-electron chi connectivity index (χ2n) is 5.04. The van der Waals surface area contributed by atoms with Crippen molar-refractivity contribution in [2.75, 3.05) is 18.4 Å². The Balaban J connectivity index is 2.14. The molecule has 0 unspecified atom stereocenters. The number of carbonyl (C=O) groups excluding carboxylic acids is 2. The van der Waals surface area contributed by atoms with Gasteiger partial charge in [0.1, 0.15) is 0 Å². The van der Waals surface area contributed by atoms with Gasteiger partial charge < -0.3 is 20.7 Å². The van der Waals surface area contributed by atoms with Crippen LogP contribution < -0.4 is 11.1 Å². The summed E-state index contributed by atoms with van der Waals surface area (Å²) < 4.78 is 5.61. The number of rotatable bonds is 2. The fourth-order valence-electron chi connectivity index (χ4n) is 2.40. The third kappa shape index (κ3) is 3.48. The van der Waals surface area contributed by atoms with Gasteiger partial charge in [0.2, 0.25) is 0 Å². The number of amides is 3. The summed E-state index contributed by atoms with van der Waals surface area (Å²) in [5, 5.41) is 2.46. The van der Waals surface area contributed by atoms with Gasteiger partial charge in [0.05, 0.1) is 12.2 Å².